The van der Waals surface area contributed by atoms with Crippen molar-refractivity contribution in [2.45, 2.75) is 23.9 Å². The molecular formula is C19H10F5NO2. The first kappa shape index (κ1) is 17.5. The van der Waals surface area contributed by atoms with Gasteiger partial charge in [0.05, 0.1) is 11.6 Å². The third-order valence-electron chi connectivity index (χ3n) is 4.88. The minimum absolute atomic E-state index is 0.00330. The van der Waals surface area contributed by atoms with Crippen LogP contribution in [0, 0.1) is 17.1 Å². The fraction of sp³-hybridized carbons (Fsp3) is 0.211. The van der Waals surface area contributed by atoms with E-state index in [0.29, 0.717) is 0 Å². The number of alkyl halides is 4. The lowest BCUT2D eigenvalue weighted by molar-refractivity contribution is -0.283. The zero-order valence-corrected chi connectivity index (χ0v) is 13.5. The standard InChI is InChI=1S/C19H10F5NO2/c1-9-7-17(26)16-13(18(21,22)19(17,23)24)2-3-14(15(9)16)27-12-5-10(8-25)4-11(20)6-12/h2-6,26H,1,7H2/t17-/m1/s1. The molecule has 0 amide bonds. The Bertz CT molecular complexity index is 1060. The SMILES string of the molecule is C=C1C[C@@]2(O)c3c(ccc(Oc4cc(F)cc(C#N)c4)c31)C(F)(F)C2(F)F. The fourth-order valence-electron chi connectivity index (χ4n) is 3.71. The van der Waals surface area contributed by atoms with Crippen molar-refractivity contribution in [3.63, 3.8) is 0 Å². The molecule has 0 aliphatic heterocycles. The molecule has 4 rings (SSSR count). The van der Waals surface area contributed by atoms with Crippen LogP contribution in [0.4, 0.5) is 22.0 Å². The highest BCUT2D eigenvalue weighted by molar-refractivity contribution is 5.82. The number of nitrogens with zero attached hydrogens (tertiary/aromatic N) is 1. The van der Waals surface area contributed by atoms with E-state index < -0.39 is 40.8 Å². The van der Waals surface area contributed by atoms with Gasteiger partial charge in [-0.2, -0.15) is 22.8 Å². The average Bonchev–Trinajstić information content (AvgIpc) is 2.92. The van der Waals surface area contributed by atoms with Crippen molar-refractivity contribution in [2.24, 2.45) is 0 Å². The highest BCUT2D eigenvalue weighted by atomic mass is 19.3. The first-order chi connectivity index (χ1) is 12.5. The average molecular weight is 379 g/mol. The van der Waals surface area contributed by atoms with Crippen LogP contribution in [-0.4, -0.2) is 11.0 Å². The Morgan fingerprint density at radius 2 is 1.85 bits per heavy atom. The fourth-order valence-corrected chi connectivity index (χ4v) is 3.71. The molecule has 2 aromatic rings. The van der Waals surface area contributed by atoms with E-state index in [4.69, 9.17) is 10.00 Å². The summed E-state index contributed by atoms with van der Waals surface area (Å²) in [6.45, 7) is 3.59. The molecule has 2 aliphatic carbocycles. The minimum Gasteiger partial charge on any atom is -0.457 e. The second-order valence-electron chi connectivity index (χ2n) is 6.54. The van der Waals surface area contributed by atoms with Gasteiger partial charge in [-0.25, -0.2) is 4.39 Å². The summed E-state index contributed by atoms with van der Waals surface area (Å²) in [6, 6.07) is 6.65. The zero-order valence-electron chi connectivity index (χ0n) is 13.5. The van der Waals surface area contributed by atoms with E-state index in [1.807, 2.05) is 0 Å². The summed E-state index contributed by atoms with van der Waals surface area (Å²) in [5.74, 6) is -10.3. The van der Waals surface area contributed by atoms with Gasteiger partial charge in [0, 0.05) is 29.2 Å². The maximum Gasteiger partial charge on any atom is 0.346 e. The molecule has 27 heavy (non-hydrogen) atoms. The molecule has 0 heterocycles. The van der Waals surface area contributed by atoms with Crippen molar-refractivity contribution in [3.8, 4) is 17.6 Å². The van der Waals surface area contributed by atoms with Crippen LogP contribution >= 0.6 is 0 Å². The number of hydrogen-bond donors (Lipinski definition) is 1. The number of halogens is 5. The van der Waals surface area contributed by atoms with Crippen molar-refractivity contribution >= 4 is 5.57 Å². The number of nitriles is 1. The second-order valence-corrected chi connectivity index (χ2v) is 6.54. The number of hydrogen-bond acceptors (Lipinski definition) is 3. The van der Waals surface area contributed by atoms with Gasteiger partial charge in [-0.05, 0) is 29.8 Å². The van der Waals surface area contributed by atoms with Crippen LogP contribution in [0.25, 0.3) is 5.57 Å². The van der Waals surface area contributed by atoms with E-state index in [0.717, 1.165) is 24.3 Å². The smallest absolute Gasteiger partial charge is 0.346 e. The summed E-state index contributed by atoms with van der Waals surface area (Å²) in [5, 5.41) is 19.3. The molecule has 0 fully saturated rings. The molecule has 0 saturated heterocycles. The molecule has 3 nitrogen and oxygen atoms in total. The lowest BCUT2D eigenvalue weighted by Crippen LogP contribution is -2.47. The Kier molecular flexibility index (Phi) is 3.29. The van der Waals surface area contributed by atoms with Crippen molar-refractivity contribution in [1.82, 2.24) is 0 Å². The molecule has 2 aromatic carbocycles. The number of ether oxygens (including phenoxy) is 1. The van der Waals surface area contributed by atoms with E-state index >= 15 is 0 Å². The van der Waals surface area contributed by atoms with E-state index in [9.17, 15) is 27.1 Å². The maximum atomic E-state index is 14.3. The van der Waals surface area contributed by atoms with Gasteiger partial charge < -0.3 is 9.84 Å². The summed E-state index contributed by atoms with van der Waals surface area (Å²) in [4.78, 5) is 0. The molecule has 2 aliphatic rings. The third kappa shape index (κ3) is 2.03. The third-order valence-corrected chi connectivity index (χ3v) is 4.88. The summed E-state index contributed by atoms with van der Waals surface area (Å²) in [7, 11) is 0. The summed E-state index contributed by atoms with van der Waals surface area (Å²) >= 11 is 0. The van der Waals surface area contributed by atoms with Gasteiger partial charge in [-0.1, -0.05) is 6.58 Å². The van der Waals surface area contributed by atoms with Crippen molar-refractivity contribution in [2.75, 3.05) is 0 Å². The van der Waals surface area contributed by atoms with Crippen molar-refractivity contribution in [3.05, 3.63) is 65.0 Å². The maximum absolute atomic E-state index is 14.3. The highest BCUT2D eigenvalue weighted by Gasteiger charge is 2.78. The molecular weight excluding hydrogens is 369 g/mol. The van der Waals surface area contributed by atoms with E-state index in [-0.39, 0.29) is 28.2 Å². The molecule has 8 heteroatoms. The molecule has 0 radical (unpaired) electrons. The lowest BCUT2D eigenvalue weighted by Gasteiger charge is -2.30. The number of aliphatic hydroxyl groups is 1. The topological polar surface area (TPSA) is 53.2 Å². The van der Waals surface area contributed by atoms with Gasteiger partial charge in [0.15, 0.2) is 5.60 Å². The number of benzene rings is 2. The summed E-state index contributed by atoms with van der Waals surface area (Å²) < 4.78 is 76.1. The van der Waals surface area contributed by atoms with E-state index in [1.165, 1.54) is 6.07 Å². The molecule has 0 unspecified atom stereocenters. The first-order valence-corrected chi connectivity index (χ1v) is 7.75. The molecule has 0 spiro atoms. The van der Waals surface area contributed by atoms with Gasteiger partial charge in [-0.15, -0.1) is 0 Å². The van der Waals surface area contributed by atoms with E-state index in [2.05, 4.69) is 6.58 Å². The van der Waals surface area contributed by atoms with Gasteiger partial charge >= 0.3 is 11.8 Å². The van der Waals surface area contributed by atoms with Crippen LogP contribution in [0.1, 0.15) is 28.7 Å². The van der Waals surface area contributed by atoms with Crippen LogP contribution in [0.2, 0.25) is 0 Å². The molecule has 0 bridgehead atoms. The minimum atomic E-state index is -4.72. The van der Waals surface area contributed by atoms with E-state index in [1.54, 1.807) is 6.07 Å². The zero-order chi connectivity index (χ0) is 19.8. The monoisotopic (exact) mass is 379 g/mol. The van der Waals surface area contributed by atoms with Gasteiger partial charge in [0.2, 0.25) is 0 Å². The molecule has 0 aromatic heterocycles. The Balaban J connectivity index is 1.90. The largest absolute Gasteiger partial charge is 0.457 e. The molecule has 138 valence electrons. The summed E-state index contributed by atoms with van der Waals surface area (Å²) in [6.07, 6.45) is -0.787. The predicted molar refractivity (Wildman–Crippen MR) is 84.0 cm³/mol. The second kappa shape index (κ2) is 5.08. The van der Waals surface area contributed by atoms with Crippen molar-refractivity contribution in [1.29, 1.82) is 5.26 Å². The van der Waals surface area contributed by atoms with Crippen LogP contribution in [0.5, 0.6) is 11.5 Å². The normalized spacial score (nSPS) is 23.8. The van der Waals surface area contributed by atoms with Crippen LogP contribution < -0.4 is 4.74 Å². The van der Waals surface area contributed by atoms with Gasteiger partial charge in [0.25, 0.3) is 0 Å². The van der Waals surface area contributed by atoms with Crippen molar-refractivity contribution < 1.29 is 31.8 Å². The molecule has 1 N–H and O–H groups in total. The van der Waals surface area contributed by atoms with Crippen LogP contribution in [0.15, 0.2) is 36.9 Å². The van der Waals surface area contributed by atoms with Crippen LogP contribution in [-0.2, 0) is 11.5 Å². The Labute approximate surface area is 149 Å². The predicted octanol–water partition coefficient (Wildman–Crippen LogP) is 4.83. The Morgan fingerprint density at radius 1 is 1.15 bits per heavy atom. The first-order valence-electron chi connectivity index (χ1n) is 7.75. The summed E-state index contributed by atoms with van der Waals surface area (Å²) in [5.41, 5.74) is -4.93. The molecule has 0 saturated carbocycles. The lowest BCUT2D eigenvalue weighted by atomic mass is 9.94. The quantitative estimate of drug-likeness (QED) is 0.760. The Hall–Kier alpha value is -2.92. The highest BCUT2D eigenvalue weighted by Crippen LogP contribution is 2.68. The van der Waals surface area contributed by atoms with Gasteiger partial charge in [-0.3, -0.25) is 0 Å². The Morgan fingerprint density at radius 3 is 2.52 bits per heavy atom. The number of rotatable bonds is 2. The van der Waals surface area contributed by atoms with Crippen LogP contribution in [0.3, 0.4) is 0 Å². The molecule has 1 atom stereocenters. The van der Waals surface area contributed by atoms with Gasteiger partial charge in [0.1, 0.15) is 17.3 Å².